The molecule has 0 aliphatic carbocycles. The van der Waals surface area contributed by atoms with E-state index >= 15 is 0 Å². The quantitative estimate of drug-likeness (QED) is 0.230. The molecule has 2 aromatic rings. The van der Waals surface area contributed by atoms with Crippen molar-refractivity contribution < 1.29 is 24.3 Å². The van der Waals surface area contributed by atoms with Gasteiger partial charge in [-0.2, -0.15) is 0 Å². The Morgan fingerprint density at radius 1 is 0.933 bits per heavy atom. The smallest absolute Gasteiger partial charge is 0.305 e. The first-order valence-corrected chi connectivity index (χ1v) is 9.02. The van der Waals surface area contributed by atoms with Crippen LogP contribution in [0, 0.1) is 0 Å². The number of hydrogen-bond acceptors (Lipinski definition) is 7. The van der Waals surface area contributed by atoms with E-state index in [1.165, 1.54) is 24.3 Å². The van der Waals surface area contributed by atoms with Crippen LogP contribution in [-0.2, 0) is 9.59 Å². The largest absolute Gasteiger partial charge is 0.481 e. The SMILES string of the molecule is NC(N)Nc1cccc(C(=O)NCC(=O)NC(CC(=O)O)C(=O)c2ccccc2)c1. The monoisotopic (exact) mass is 413 g/mol. The number of nitrogens with two attached hydrogens (primary N) is 2. The Bertz CT molecular complexity index is 917. The first kappa shape index (κ1) is 22.5. The highest BCUT2D eigenvalue weighted by Gasteiger charge is 2.25. The molecule has 2 amide bonds. The summed E-state index contributed by atoms with van der Waals surface area (Å²) in [6.45, 7) is -0.439. The summed E-state index contributed by atoms with van der Waals surface area (Å²) in [6, 6.07) is 13.1. The van der Waals surface area contributed by atoms with Crippen LogP contribution in [0.25, 0.3) is 0 Å². The van der Waals surface area contributed by atoms with E-state index in [0.717, 1.165) is 0 Å². The molecule has 0 heterocycles. The van der Waals surface area contributed by atoms with Gasteiger partial charge in [0.2, 0.25) is 5.91 Å². The van der Waals surface area contributed by atoms with Crippen LogP contribution < -0.4 is 27.4 Å². The molecule has 10 nitrogen and oxygen atoms in total. The summed E-state index contributed by atoms with van der Waals surface area (Å²) in [6.07, 6.45) is -1.39. The maximum Gasteiger partial charge on any atom is 0.305 e. The van der Waals surface area contributed by atoms with Gasteiger partial charge in [-0.1, -0.05) is 36.4 Å². The third-order valence-corrected chi connectivity index (χ3v) is 3.96. The van der Waals surface area contributed by atoms with Gasteiger partial charge in [0.1, 0.15) is 12.3 Å². The van der Waals surface area contributed by atoms with E-state index in [9.17, 15) is 19.2 Å². The van der Waals surface area contributed by atoms with Crippen molar-refractivity contribution in [2.75, 3.05) is 11.9 Å². The molecule has 1 unspecified atom stereocenters. The van der Waals surface area contributed by atoms with E-state index in [0.29, 0.717) is 5.69 Å². The number of carboxylic acids is 1. The number of carbonyl (C=O) groups excluding carboxylic acids is 3. The van der Waals surface area contributed by atoms with E-state index in [1.807, 2.05) is 0 Å². The Balaban J connectivity index is 1.97. The molecule has 0 spiro atoms. The maximum atomic E-state index is 12.5. The van der Waals surface area contributed by atoms with Crippen LogP contribution in [0.3, 0.4) is 0 Å². The number of rotatable bonds is 10. The van der Waals surface area contributed by atoms with Gasteiger partial charge in [0.25, 0.3) is 5.91 Å². The predicted octanol–water partition coefficient (Wildman–Crippen LogP) is -0.128. The van der Waals surface area contributed by atoms with Crippen molar-refractivity contribution in [1.29, 1.82) is 0 Å². The van der Waals surface area contributed by atoms with Gasteiger partial charge in [0, 0.05) is 16.8 Å². The second-order valence-electron chi connectivity index (χ2n) is 6.38. The van der Waals surface area contributed by atoms with Crippen LogP contribution >= 0.6 is 0 Å². The van der Waals surface area contributed by atoms with Gasteiger partial charge in [0.05, 0.1) is 13.0 Å². The van der Waals surface area contributed by atoms with Crippen LogP contribution in [-0.4, -0.2) is 47.5 Å². The van der Waals surface area contributed by atoms with Crippen molar-refractivity contribution in [1.82, 2.24) is 10.6 Å². The third-order valence-electron chi connectivity index (χ3n) is 3.96. The Labute approximate surface area is 172 Å². The molecule has 0 aromatic heterocycles. The van der Waals surface area contributed by atoms with Gasteiger partial charge in [-0.05, 0) is 18.2 Å². The molecule has 0 aliphatic heterocycles. The summed E-state index contributed by atoms with van der Waals surface area (Å²) >= 11 is 0. The zero-order chi connectivity index (χ0) is 22.1. The van der Waals surface area contributed by atoms with Crippen LogP contribution in [0.4, 0.5) is 5.69 Å². The van der Waals surface area contributed by atoms with Crippen molar-refractivity contribution in [3.05, 3.63) is 65.7 Å². The van der Waals surface area contributed by atoms with Gasteiger partial charge in [-0.3, -0.25) is 30.6 Å². The maximum absolute atomic E-state index is 12.5. The minimum atomic E-state index is -1.26. The van der Waals surface area contributed by atoms with Crippen molar-refractivity contribution in [3.63, 3.8) is 0 Å². The molecule has 0 radical (unpaired) electrons. The number of nitrogens with one attached hydrogen (secondary N) is 3. The Kier molecular flexibility index (Phi) is 8.03. The summed E-state index contributed by atoms with van der Waals surface area (Å²) in [5, 5.41) is 16.6. The third kappa shape index (κ3) is 7.00. The number of carbonyl (C=O) groups is 4. The summed E-state index contributed by atoms with van der Waals surface area (Å²) < 4.78 is 0. The van der Waals surface area contributed by atoms with E-state index in [1.54, 1.807) is 30.3 Å². The van der Waals surface area contributed by atoms with Crippen LogP contribution in [0.5, 0.6) is 0 Å². The van der Waals surface area contributed by atoms with E-state index in [4.69, 9.17) is 16.6 Å². The van der Waals surface area contributed by atoms with Crippen LogP contribution in [0.1, 0.15) is 27.1 Å². The van der Waals surface area contributed by atoms with Gasteiger partial charge >= 0.3 is 5.97 Å². The second-order valence-corrected chi connectivity index (χ2v) is 6.38. The summed E-state index contributed by atoms with van der Waals surface area (Å²) in [7, 11) is 0. The van der Waals surface area contributed by atoms with Crippen molar-refractivity contribution in [2.45, 2.75) is 18.8 Å². The van der Waals surface area contributed by atoms with E-state index in [2.05, 4.69) is 16.0 Å². The summed E-state index contributed by atoms with van der Waals surface area (Å²) in [4.78, 5) is 48.1. The minimum absolute atomic E-state index is 0.260. The molecule has 0 saturated carbocycles. The number of amides is 2. The lowest BCUT2D eigenvalue weighted by Gasteiger charge is -2.16. The number of carboxylic acid groups (broad SMARTS) is 1. The molecular formula is C20H23N5O5. The lowest BCUT2D eigenvalue weighted by Crippen LogP contribution is -2.46. The molecule has 8 N–H and O–H groups in total. The minimum Gasteiger partial charge on any atom is -0.481 e. The molecule has 0 bridgehead atoms. The number of ketones is 1. The molecule has 0 saturated heterocycles. The zero-order valence-electron chi connectivity index (χ0n) is 16.0. The Hall–Kier alpha value is -3.76. The first-order chi connectivity index (χ1) is 14.3. The molecule has 0 fully saturated rings. The lowest BCUT2D eigenvalue weighted by molar-refractivity contribution is -0.137. The normalized spacial score (nSPS) is 11.4. The molecular weight excluding hydrogens is 390 g/mol. The van der Waals surface area contributed by atoms with Gasteiger partial charge in [0.15, 0.2) is 5.78 Å². The lowest BCUT2D eigenvalue weighted by atomic mass is 10.0. The van der Waals surface area contributed by atoms with Gasteiger partial charge < -0.3 is 21.1 Å². The van der Waals surface area contributed by atoms with Gasteiger partial charge in [-0.15, -0.1) is 0 Å². The molecule has 158 valence electrons. The van der Waals surface area contributed by atoms with E-state index in [-0.39, 0.29) is 11.1 Å². The van der Waals surface area contributed by atoms with Crippen molar-refractivity contribution in [2.24, 2.45) is 11.5 Å². The average molecular weight is 413 g/mol. The summed E-state index contributed by atoms with van der Waals surface area (Å²) in [5.74, 6) is -3.01. The summed E-state index contributed by atoms with van der Waals surface area (Å²) in [5.41, 5.74) is 11.9. The first-order valence-electron chi connectivity index (χ1n) is 9.02. The highest BCUT2D eigenvalue weighted by Crippen LogP contribution is 2.10. The fourth-order valence-electron chi connectivity index (χ4n) is 2.64. The highest BCUT2D eigenvalue weighted by atomic mass is 16.4. The number of benzene rings is 2. The van der Waals surface area contributed by atoms with Gasteiger partial charge in [-0.25, -0.2) is 0 Å². The fraction of sp³-hybridized carbons (Fsp3) is 0.200. The molecule has 2 aromatic carbocycles. The topological polar surface area (TPSA) is 177 Å². The van der Waals surface area contributed by atoms with Crippen molar-refractivity contribution in [3.8, 4) is 0 Å². The number of Topliss-reactive ketones (excluding diaryl/α,β-unsaturated/α-hetero) is 1. The average Bonchev–Trinajstić information content (AvgIpc) is 2.71. The Morgan fingerprint density at radius 3 is 2.23 bits per heavy atom. The fourth-order valence-corrected chi connectivity index (χ4v) is 2.64. The standard InChI is InChI=1S/C20H23N5O5/c21-20(22)24-14-8-4-7-13(9-14)19(30)23-11-16(26)25-15(10-17(27)28)18(29)12-5-2-1-3-6-12/h1-9,15,20,24H,10-11,21-22H2,(H,23,30)(H,25,26)(H,27,28). The Morgan fingerprint density at radius 2 is 1.60 bits per heavy atom. The molecule has 10 heteroatoms. The molecule has 0 aliphatic rings. The second kappa shape index (κ2) is 10.7. The number of anilines is 1. The van der Waals surface area contributed by atoms with Crippen molar-refractivity contribution >= 4 is 29.3 Å². The van der Waals surface area contributed by atoms with Crippen LogP contribution in [0.15, 0.2) is 54.6 Å². The molecule has 30 heavy (non-hydrogen) atoms. The number of hydrogen-bond donors (Lipinski definition) is 6. The van der Waals surface area contributed by atoms with Crippen LogP contribution in [0.2, 0.25) is 0 Å². The number of aliphatic carboxylic acids is 1. The highest BCUT2D eigenvalue weighted by molar-refractivity contribution is 6.04. The molecule has 2 rings (SSSR count). The van der Waals surface area contributed by atoms with E-state index < -0.39 is 48.9 Å². The zero-order valence-corrected chi connectivity index (χ0v) is 16.0. The predicted molar refractivity (Wildman–Crippen MR) is 110 cm³/mol. The molecule has 1 atom stereocenters.